The number of aryl methyl sites for hydroxylation is 1. The Balaban J connectivity index is 1.56. The van der Waals surface area contributed by atoms with Gasteiger partial charge in [-0.15, -0.1) is 0 Å². The molecule has 0 bridgehead atoms. The van der Waals surface area contributed by atoms with Crippen LogP contribution in [0.1, 0.15) is 5.56 Å². The van der Waals surface area contributed by atoms with Gasteiger partial charge in [-0.3, -0.25) is 4.72 Å². The van der Waals surface area contributed by atoms with Crippen LogP contribution in [0.4, 0.5) is 5.69 Å². The summed E-state index contributed by atoms with van der Waals surface area (Å²) >= 11 is 0. The predicted molar refractivity (Wildman–Crippen MR) is 105 cm³/mol. The van der Waals surface area contributed by atoms with Gasteiger partial charge in [0.05, 0.1) is 10.6 Å². The molecule has 6 heteroatoms. The molecule has 0 aliphatic carbocycles. The maximum Gasteiger partial charge on any atom is 0.261 e. The van der Waals surface area contributed by atoms with Crippen molar-refractivity contribution in [3.63, 3.8) is 0 Å². The number of ether oxygens (including phenoxy) is 2. The minimum Gasteiger partial charge on any atom is -0.486 e. The fraction of sp³-hybridized carbons (Fsp3) is 0.143. The molecule has 1 aliphatic rings. The number of rotatable bonds is 4. The van der Waals surface area contributed by atoms with Crippen LogP contribution in [0.3, 0.4) is 0 Å². The Morgan fingerprint density at radius 2 is 1.37 bits per heavy atom. The Labute approximate surface area is 158 Å². The van der Waals surface area contributed by atoms with Gasteiger partial charge in [-0.1, -0.05) is 42.0 Å². The molecule has 0 fully saturated rings. The molecule has 4 rings (SSSR count). The molecule has 0 atom stereocenters. The SMILES string of the molecule is Cc1ccc(-c2ccc(S(=O)(=O)Nc3ccc4c(c3)OCCO4)cc2)cc1. The van der Waals surface area contributed by atoms with Crippen LogP contribution in [0.5, 0.6) is 11.5 Å². The third-order valence-electron chi connectivity index (χ3n) is 4.34. The van der Waals surface area contributed by atoms with Gasteiger partial charge in [-0.25, -0.2) is 8.42 Å². The van der Waals surface area contributed by atoms with Crippen LogP contribution in [-0.2, 0) is 10.0 Å². The monoisotopic (exact) mass is 381 g/mol. The fourth-order valence-corrected chi connectivity index (χ4v) is 3.94. The highest BCUT2D eigenvalue weighted by molar-refractivity contribution is 7.92. The van der Waals surface area contributed by atoms with Crippen LogP contribution in [0.25, 0.3) is 11.1 Å². The first-order chi connectivity index (χ1) is 13.0. The lowest BCUT2D eigenvalue weighted by molar-refractivity contribution is 0.171. The van der Waals surface area contributed by atoms with Gasteiger partial charge in [0.1, 0.15) is 13.2 Å². The number of sulfonamides is 1. The number of anilines is 1. The molecule has 0 aromatic heterocycles. The zero-order valence-electron chi connectivity index (χ0n) is 14.8. The van der Waals surface area contributed by atoms with Crippen molar-refractivity contribution in [2.75, 3.05) is 17.9 Å². The Kier molecular flexibility index (Phi) is 4.49. The summed E-state index contributed by atoms with van der Waals surface area (Å²) in [4.78, 5) is 0.202. The summed E-state index contributed by atoms with van der Waals surface area (Å²) in [5.41, 5.74) is 3.63. The Hall–Kier alpha value is -2.99. The molecule has 0 unspecified atom stereocenters. The molecule has 5 nitrogen and oxygen atoms in total. The van der Waals surface area contributed by atoms with E-state index in [1.54, 1.807) is 30.3 Å². The molecule has 1 heterocycles. The first-order valence-corrected chi connectivity index (χ1v) is 10.1. The fourth-order valence-electron chi connectivity index (χ4n) is 2.89. The first kappa shape index (κ1) is 17.4. The summed E-state index contributed by atoms with van der Waals surface area (Å²) < 4.78 is 38.9. The lowest BCUT2D eigenvalue weighted by Crippen LogP contribution is -2.16. The third kappa shape index (κ3) is 3.75. The molecule has 0 radical (unpaired) electrons. The predicted octanol–water partition coefficient (Wildman–Crippen LogP) is 4.23. The summed E-state index contributed by atoms with van der Waals surface area (Å²) in [7, 11) is -3.69. The van der Waals surface area contributed by atoms with Crippen molar-refractivity contribution in [1.82, 2.24) is 0 Å². The summed E-state index contributed by atoms with van der Waals surface area (Å²) in [6.45, 7) is 2.97. The number of fused-ring (bicyclic) bond motifs is 1. The van der Waals surface area contributed by atoms with Crippen molar-refractivity contribution in [2.24, 2.45) is 0 Å². The second-order valence-electron chi connectivity index (χ2n) is 6.35. The normalized spacial score (nSPS) is 13.2. The van der Waals surface area contributed by atoms with Gasteiger partial charge in [0.15, 0.2) is 11.5 Å². The molecule has 3 aromatic rings. The summed E-state index contributed by atoms with van der Waals surface area (Å²) in [6.07, 6.45) is 0. The van der Waals surface area contributed by atoms with Crippen LogP contribution < -0.4 is 14.2 Å². The van der Waals surface area contributed by atoms with E-state index in [1.165, 1.54) is 5.56 Å². The zero-order valence-corrected chi connectivity index (χ0v) is 15.6. The minimum atomic E-state index is -3.69. The molecular weight excluding hydrogens is 362 g/mol. The lowest BCUT2D eigenvalue weighted by Gasteiger charge is -2.19. The van der Waals surface area contributed by atoms with Crippen LogP contribution in [0.2, 0.25) is 0 Å². The molecule has 3 aromatic carbocycles. The minimum absolute atomic E-state index is 0.202. The van der Waals surface area contributed by atoms with Gasteiger partial charge in [0.25, 0.3) is 10.0 Å². The van der Waals surface area contributed by atoms with E-state index in [1.807, 2.05) is 43.3 Å². The van der Waals surface area contributed by atoms with Gasteiger partial charge in [-0.05, 0) is 42.3 Å². The number of nitrogens with one attached hydrogen (secondary N) is 1. The van der Waals surface area contributed by atoms with Crippen LogP contribution in [0.15, 0.2) is 71.6 Å². The van der Waals surface area contributed by atoms with E-state index < -0.39 is 10.0 Å². The van der Waals surface area contributed by atoms with Crippen molar-refractivity contribution in [1.29, 1.82) is 0 Å². The highest BCUT2D eigenvalue weighted by atomic mass is 32.2. The standard InChI is InChI=1S/C21H19NO4S/c1-15-2-4-16(5-3-15)17-6-9-19(10-7-17)27(23,24)22-18-8-11-20-21(14-18)26-13-12-25-20/h2-11,14,22H,12-13H2,1H3. The zero-order chi connectivity index (χ0) is 18.9. The molecule has 0 saturated carbocycles. The maximum atomic E-state index is 12.7. The molecule has 0 spiro atoms. The van der Waals surface area contributed by atoms with E-state index in [4.69, 9.17) is 9.47 Å². The van der Waals surface area contributed by atoms with E-state index >= 15 is 0 Å². The van der Waals surface area contributed by atoms with E-state index in [2.05, 4.69) is 4.72 Å². The van der Waals surface area contributed by atoms with E-state index in [9.17, 15) is 8.42 Å². The van der Waals surface area contributed by atoms with Crippen LogP contribution in [0, 0.1) is 6.92 Å². The molecule has 1 N–H and O–H groups in total. The van der Waals surface area contributed by atoms with Crippen molar-refractivity contribution >= 4 is 15.7 Å². The molecule has 1 aliphatic heterocycles. The third-order valence-corrected chi connectivity index (χ3v) is 5.74. The van der Waals surface area contributed by atoms with E-state index in [0.29, 0.717) is 30.4 Å². The Morgan fingerprint density at radius 3 is 2.04 bits per heavy atom. The first-order valence-electron chi connectivity index (χ1n) is 8.61. The highest BCUT2D eigenvalue weighted by Crippen LogP contribution is 2.33. The second kappa shape index (κ2) is 6.96. The number of hydrogen-bond acceptors (Lipinski definition) is 4. The number of benzene rings is 3. The van der Waals surface area contributed by atoms with Gasteiger partial charge in [-0.2, -0.15) is 0 Å². The summed E-state index contributed by atoms with van der Waals surface area (Å²) in [5, 5.41) is 0. The topological polar surface area (TPSA) is 64.6 Å². The van der Waals surface area contributed by atoms with E-state index in [0.717, 1.165) is 11.1 Å². The molecule has 138 valence electrons. The largest absolute Gasteiger partial charge is 0.486 e. The van der Waals surface area contributed by atoms with Crippen LogP contribution >= 0.6 is 0 Å². The van der Waals surface area contributed by atoms with Crippen molar-refractivity contribution in [3.05, 3.63) is 72.3 Å². The molecule has 27 heavy (non-hydrogen) atoms. The second-order valence-corrected chi connectivity index (χ2v) is 8.04. The lowest BCUT2D eigenvalue weighted by atomic mass is 10.0. The van der Waals surface area contributed by atoms with Gasteiger partial charge in [0.2, 0.25) is 0 Å². The maximum absolute atomic E-state index is 12.7. The van der Waals surface area contributed by atoms with Crippen molar-refractivity contribution in [2.45, 2.75) is 11.8 Å². The summed E-state index contributed by atoms with van der Waals surface area (Å²) in [6, 6.07) is 19.9. The van der Waals surface area contributed by atoms with Crippen molar-refractivity contribution < 1.29 is 17.9 Å². The smallest absolute Gasteiger partial charge is 0.261 e. The van der Waals surface area contributed by atoms with Crippen LogP contribution in [-0.4, -0.2) is 21.6 Å². The molecule has 0 amide bonds. The Bertz CT molecular complexity index is 1060. The van der Waals surface area contributed by atoms with E-state index in [-0.39, 0.29) is 4.90 Å². The van der Waals surface area contributed by atoms with Gasteiger partial charge in [0, 0.05) is 6.07 Å². The Morgan fingerprint density at radius 1 is 0.778 bits per heavy atom. The molecular formula is C21H19NO4S. The average Bonchev–Trinajstić information content (AvgIpc) is 2.68. The molecule has 0 saturated heterocycles. The number of hydrogen-bond donors (Lipinski definition) is 1. The average molecular weight is 381 g/mol. The van der Waals surface area contributed by atoms with Gasteiger partial charge < -0.3 is 9.47 Å². The van der Waals surface area contributed by atoms with Crippen molar-refractivity contribution in [3.8, 4) is 22.6 Å². The quantitative estimate of drug-likeness (QED) is 0.734. The summed E-state index contributed by atoms with van der Waals surface area (Å²) in [5.74, 6) is 1.16. The van der Waals surface area contributed by atoms with Gasteiger partial charge >= 0.3 is 0 Å². The highest BCUT2D eigenvalue weighted by Gasteiger charge is 2.17.